The number of nitrogens with two attached hydrogens (primary N) is 1. The van der Waals surface area contributed by atoms with Crippen molar-refractivity contribution in [1.29, 1.82) is 0 Å². The molecule has 0 aliphatic rings. The molecule has 3 N–H and O–H groups in total. The highest BCUT2D eigenvalue weighted by Gasteiger charge is 2.20. The fourth-order valence-electron chi connectivity index (χ4n) is 1.11. The Hall–Kier alpha value is -0.120. The summed E-state index contributed by atoms with van der Waals surface area (Å²) in [7, 11) is 4.09. The van der Waals surface area contributed by atoms with E-state index in [-0.39, 0.29) is 12.1 Å². The van der Waals surface area contributed by atoms with Crippen LogP contribution in [0.1, 0.15) is 26.2 Å². The second-order valence-electron chi connectivity index (χ2n) is 3.78. The summed E-state index contributed by atoms with van der Waals surface area (Å²) in [6.07, 6.45) is 2.80. The Morgan fingerprint density at radius 1 is 1.42 bits per heavy atom. The summed E-state index contributed by atoms with van der Waals surface area (Å²) in [6.45, 7) is 3.15. The monoisotopic (exact) mass is 174 g/mol. The molecule has 0 radical (unpaired) electrons. The van der Waals surface area contributed by atoms with Gasteiger partial charge in [0.25, 0.3) is 0 Å². The minimum atomic E-state index is -0.351. The molecule has 0 aliphatic heterocycles. The van der Waals surface area contributed by atoms with Crippen molar-refractivity contribution < 1.29 is 5.11 Å². The van der Waals surface area contributed by atoms with Crippen LogP contribution in [0.5, 0.6) is 0 Å². The molecule has 74 valence electrons. The van der Waals surface area contributed by atoms with Crippen molar-refractivity contribution in [2.45, 2.75) is 31.7 Å². The smallest absolute Gasteiger partial charge is 0.0611 e. The molecule has 0 amide bonds. The number of nitrogens with zero attached hydrogens (tertiary/aromatic N) is 1. The summed E-state index contributed by atoms with van der Waals surface area (Å²) < 4.78 is 0. The zero-order valence-corrected chi connectivity index (χ0v) is 8.51. The molecule has 1 unspecified atom stereocenters. The van der Waals surface area contributed by atoms with Crippen molar-refractivity contribution in [3.8, 4) is 0 Å². The molecule has 0 aromatic rings. The lowest BCUT2D eigenvalue weighted by Crippen LogP contribution is -2.43. The molecule has 3 heteroatoms. The van der Waals surface area contributed by atoms with Gasteiger partial charge in [-0.1, -0.05) is 6.92 Å². The Labute approximate surface area is 75.6 Å². The van der Waals surface area contributed by atoms with Crippen LogP contribution >= 0.6 is 0 Å². The van der Waals surface area contributed by atoms with Crippen LogP contribution in [-0.2, 0) is 0 Å². The summed E-state index contributed by atoms with van der Waals surface area (Å²) >= 11 is 0. The second kappa shape index (κ2) is 5.51. The molecule has 0 aromatic heterocycles. The van der Waals surface area contributed by atoms with Crippen molar-refractivity contribution in [3.63, 3.8) is 0 Å². The Balaban J connectivity index is 3.58. The van der Waals surface area contributed by atoms with E-state index in [4.69, 9.17) is 10.8 Å². The molecule has 0 aliphatic carbocycles. The molecule has 0 saturated carbocycles. The molecule has 0 spiro atoms. The Morgan fingerprint density at radius 3 is 2.33 bits per heavy atom. The fraction of sp³-hybridized carbons (Fsp3) is 1.00. The van der Waals surface area contributed by atoms with Crippen LogP contribution in [0, 0.1) is 0 Å². The van der Waals surface area contributed by atoms with Crippen LogP contribution in [0.15, 0.2) is 0 Å². The van der Waals surface area contributed by atoms with Gasteiger partial charge in [0, 0.05) is 5.54 Å². The quantitative estimate of drug-likeness (QED) is 0.614. The van der Waals surface area contributed by atoms with Gasteiger partial charge in [-0.05, 0) is 39.9 Å². The standard InChI is InChI=1S/C9H22N2O/c1-4-9(10,8-12)6-5-7-11(2)3/h12H,4-8,10H2,1-3H3. The van der Waals surface area contributed by atoms with Gasteiger partial charge in [-0.3, -0.25) is 0 Å². The lowest BCUT2D eigenvalue weighted by Gasteiger charge is -2.26. The molecule has 0 bridgehead atoms. The molecular weight excluding hydrogens is 152 g/mol. The van der Waals surface area contributed by atoms with E-state index in [1.165, 1.54) is 0 Å². The molecule has 0 fully saturated rings. The number of rotatable bonds is 6. The first-order valence-electron chi connectivity index (χ1n) is 4.58. The first kappa shape index (κ1) is 11.9. The van der Waals surface area contributed by atoms with E-state index in [1.807, 2.05) is 21.0 Å². The SMILES string of the molecule is CCC(N)(CO)CCCN(C)C. The van der Waals surface area contributed by atoms with Gasteiger partial charge in [-0.15, -0.1) is 0 Å². The zero-order chi connectivity index (χ0) is 9.61. The van der Waals surface area contributed by atoms with E-state index >= 15 is 0 Å². The predicted molar refractivity (Wildman–Crippen MR) is 52.1 cm³/mol. The zero-order valence-electron chi connectivity index (χ0n) is 8.51. The van der Waals surface area contributed by atoms with E-state index in [9.17, 15) is 0 Å². The Kier molecular flexibility index (Phi) is 5.46. The van der Waals surface area contributed by atoms with Crippen LogP contribution in [0.3, 0.4) is 0 Å². The minimum absolute atomic E-state index is 0.0942. The van der Waals surface area contributed by atoms with Gasteiger partial charge in [0.2, 0.25) is 0 Å². The van der Waals surface area contributed by atoms with Gasteiger partial charge in [0.05, 0.1) is 6.61 Å². The molecule has 0 saturated heterocycles. The first-order valence-corrected chi connectivity index (χ1v) is 4.58. The van der Waals surface area contributed by atoms with Gasteiger partial charge in [0.15, 0.2) is 0 Å². The predicted octanol–water partition coefficient (Wildman–Crippen LogP) is 0.428. The van der Waals surface area contributed by atoms with E-state index in [2.05, 4.69) is 4.90 Å². The molecule has 0 aromatic carbocycles. The van der Waals surface area contributed by atoms with Gasteiger partial charge in [-0.25, -0.2) is 0 Å². The van der Waals surface area contributed by atoms with E-state index < -0.39 is 0 Å². The summed E-state index contributed by atoms with van der Waals surface area (Å²) in [6, 6.07) is 0. The van der Waals surface area contributed by atoms with Crippen LogP contribution in [0.2, 0.25) is 0 Å². The second-order valence-corrected chi connectivity index (χ2v) is 3.78. The van der Waals surface area contributed by atoms with Crippen LogP contribution in [0.25, 0.3) is 0 Å². The third-order valence-corrected chi connectivity index (χ3v) is 2.30. The summed E-state index contributed by atoms with van der Waals surface area (Å²) in [5.41, 5.74) is 5.56. The van der Waals surface area contributed by atoms with Crippen molar-refractivity contribution in [2.75, 3.05) is 27.2 Å². The normalized spacial score (nSPS) is 16.5. The molecule has 1 atom stereocenters. The third kappa shape index (κ3) is 4.70. The van der Waals surface area contributed by atoms with Crippen LogP contribution in [-0.4, -0.2) is 42.8 Å². The molecule has 12 heavy (non-hydrogen) atoms. The van der Waals surface area contributed by atoms with Crippen LogP contribution < -0.4 is 5.73 Å². The molecule has 0 heterocycles. The Bertz CT molecular complexity index is 111. The number of hydrogen-bond donors (Lipinski definition) is 2. The highest BCUT2D eigenvalue weighted by molar-refractivity contribution is 4.81. The average molecular weight is 174 g/mol. The van der Waals surface area contributed by atoms with E-state index in [0.717, 1.165) is 25.8 Å². The minimum Gasteiger partial charge on any atom is -0.394 e. The van der Waals surface area contributed by atoms with E-state index in [0.29, 0.717) is 0 Å². The van der Waals surface area contributed by atoms with Gasteiger partial charge < -0.3 is 15.7 Å². The highest BCUT2D eigenvalue weighted by atomic mass is 16.3. The highest BCUT2D eigenvalue weighted by Crippen LogP contribution is 2.12. The topological polar surface area (TPSA) is 49.5 Å². The first-order chi connectivity index (χ1) is 5.54. The van der Waals surface area contributed by atoms with Crippen molar-refractivity contribution in [2.24, 2.45) is 5.73 Å². The van der Waals surface area contributed by atoms with E-state index in [1.54, 1.807) is 0 Å². The number of aliphatic hydroxyl groups excluding tert-OH is 1. The van der Waals surface area contributed by atoms with Gasteiger partial charge >= 0.3 is 0 Å². The van der Waals surface area contributed by atoms with Gasteiger partial charge in [-0.2, -0.15) is 0 Å². The fourth-order valence-corrected chi connectivity index (χ4v) is 1.11. The lowest BCUT2D eigenvalue weighted by atomic mass is 9.93. The molecule has 0 rings (SSSR count). The maximum absolute atomic E-state index is 9.01. The van der Waals surface area contributed by atoms with Crippen LogP contribution in [0.4, 0.5) is 0 Å². The average Bonchev–Trinajstić information content (AvgIpc) is 2.03. The van der Waals surface area contributed by atoms with Crippen molar-refractivity contribution >= 4 is 0 Å². The Morgan fingerprint density at radius 2 is 2.00 bits per heavy atom. The van der Waals surface area contributed by atoms with Gasteiger partial charge in [0.1, 0.15) is 0 Å². The largest absolute Gasteiger partial charge is 0.394 e. The lowest BCUT2D eigenvalue weighted by molar-refractivity contribution is 0.176. The summed E-state index contributed by atoms with van der Waals surface area (Å²) in [5, 5.41) is 9.01. The van der Waals surface area contributed by atoms with Crippen molar-refractivity contribution in [3.05, 3.63) is 0 Å². The third-order valence-electron chi connectivity index (χ3n) is 2.30. The molecule has 3 nitrogen and oxygen atoms in total. The number of hydrogen-bond acceptors (Lipinski definition) is 3. The number of aliphatic hydroxyl groups is 1. The maximum Gasteiger partial charge on any atom is 0.0611 e. The summed E-state index contributed by atoms with van der Waals surface area (Å²) in [5.74, 6) is 0. The maximum atomic E-state index is 9.01. The van der Waals surface area contributed by atoms with Crippen molar-refractivity contribution in [1.82, 2.24) is 4.90 Å². The summed E-state index contributed by atoms with van der Waals surface area (Å²) in [4.78, 5) is 2.13. The molecular formula is C9H22N2O.